The summed E-state index contributed by atoms with van der Waals surface area (Å²) in [5.74, 6) is 0. The van der Waals surface area contributed by atoms with E-state index in [9.17, 15) is 0 Å². The van der Waals surface area contributed by atoms with Crippen molar-refractivity contribution in [2.45, 2.75) is 6.92 Å². The van der Waals surface area contributed by atoms with Crippen LogP contribution in [0.2, 0.25) is 0 Å². The monoisotopic (exact) mass is 241 g/mol. The van der Waals surface area contributed by atoms with Crippen LogP contribution in [-0.2, 0) is 0 Å². The maximum atomic E-state index is 4.38. The van der Waals surface area contributed by atoms with Gasteiger partial charge in [0.25, 0.3) is 0 Å². The molecule has 0 N–H and O–H groups in total. The third-order valence-electron chi connectivity index (χ3n) is 3.72. The first-order valence-corrected chi connectivity index (χ1v) is 6.53. The zero-order valence-electron chi connectivity index (χ0n) is 11.1. The highest BCUT2D eigenvalue weighted by molar-refractivity contribution is 5.94. The van der Waals surface area contributed by atoms with Gasteiger partial charge in [-0.2, -0.15) is 0 Å². The molecule has 1 aliphatic rings. The van der Waals surface area contributed by atoms with E-state index in [0.29, 0.717) is 0 Å². The van der Waals surface area contributed by atoms with E-state index in [1.54, 1.807) is 0 Å². The SMILES string of the molecule is Cc1cc2c(N3CCN(C)CC3)cccc2cn1. The molecule has 1 aromatic heterocycles. The van der Waals surface area contributed by atoms with Gasteiger partial charge < -0.3 is 9.80 Å². The predicted molar refractivity (Wildman–Crippen MR) is 76.2 cm³/mol. The number of anilines is 1. The predicted octanol–water partition coefficient (Wildman–Crippen LogP) is 2.30. The third-order valence-corrected chi connectivity index (χ3v) is 3.72. The number of nitrogens with zero attached hydrogens (tertiary/aromatic N) is 3. The lowest BCUT2D eigenvalue weighted by molar-refractivity contribution is 0.313. The Hall–Kier alpha value is -1.61. The number of aromatic nitrogens is 1. The number of hydrogen-bond donors (Lipinski definition) is 0. The van der Waals surface area contributed by atoms with Crippen molar-refractivity contribution in [1.82, 2.24) is 9.88 Å². The molecule has 3 nitrogen and oxygen atoms in total. The Kier molecular flexibility index (Phi) is 2.92. The van der Waals surface area contributed by atoms with E-state index in [2.05, 4.69) is 53.0 Å². The largest absolute Gasteiger partial charge is 0.368 e. The summed E-state index contributed by atoms with van der Waals surface area (Å²) in [6.07, 6.45) is 1.98. The van der Waals surface area contributed by atoms with E-state index >= 15 is 0 Å². The standard InChI is InChI=1S/C15H19N3/c1-12-10-14-13(11-16-12)4-3-5-15(14)18-8-6-17(2)7-9-18/h3-5,10-11H,6-9H2,1-2H3. The minimum atomic E-state index is 1.09. The molecule has 1 aliphatic heterocycles. The lowest BCUT2D eigenvalue weighted by atomic mass is 10.1. The molecule has 0 aliphatic carbocycles. The summed E-state index contributed by atoms with van der Waals surface area (Å²) in [4.78, 5) is 9.25. The fourth-order valence-electron chi connectivity index (χ4n) is 2.58. The molecule has 1 saturated heterocycles. The molecule has 18 heavy (non-hydrogen) atoms. The molecule has 1 aromatic carbocycles. The number of benzene rings is 1. The van der Waals surface area contributed by atoms with Crippen LogP contribution in [0.4, 0.5) is 5.69 Å². The minimum Gasteiger partial charge on any atom is -0.368 e. The number of aryl methyl sites for hydroxylation is 1. The van der Waals surface area contributed by atoms with E-state index in [-0.39, 0.29) is 0 Å². The van der Waals surface area contributed by atoms with Gasteiger partial charge >= 0.3 is 0 Å². The number of pyridine rings is 1. The molecule has 2 aromatic rings. The second-order valence-electron chi connectivity index (χ2n) is 5.11. The Morgan fingerprint density at radius 3 is 2.67 bits per heavy atom. The van der Waals surface area contributed by atoms with Crippen LogP contribution in [0.1, 0.15) is 5.69 Å². The molecule has 0 spiro atoms. The number of fused-ring (bicyclic) bond motifs is 1. The fourth-order valence-corrected chi connectivity index (χ4v) is 2.58. The van der Waals surface area contributed by atoms with Gasteiger partial charge in [-0.25, -0.2) is 0 Å². The molecular formula is C15H19N3. The second kappa shape index (κ2) is 4.58. The molecule has 0 unspecified atom stereocenters. The molecule has 3 rings (SSSR count). The third kappa shape index (κ3) is 2.06. The van der Waals surface area contributed by atoms with Gasteiger partial charge in [0.2, 0.25) is 0 Å². The summed E-state index contributed by atoms with van der Waals surface area (Å²) in [5.41, 5.74) is 2.44. The van der Waals surface area contributed by atoms with Gasteiger partial charge in [-0.1, -0.05) is 12.1 Å². The highest BCUT2D eigenvalue weighted by atomic mass is 15.2. The highest BCUT2D eigenvalue weighted by Gasteiger charge is 2.16. The zero-order valence-corrected chi connectivity index (χ0v) is 11.1. The molecule has 2 heterocycles. The summed E-state index contributed by atoms with van der Waals surface area (Å²) >= 11 is 0. The van der Waals surface area contributed by atoms with Crippen molar-refractivity contribution in [3.05, 3.63) is 36.2 Å². The van der Waals surface area contributed by atoms with Gasteiger partial charge in [-0.15, -0.1) is 0 Å². The van der Waals surface area contributed by atoms with Gasteiger partial charge in [0.15, 0.2) is 0 Å². The first-order valence-electron chi connectivity index (χ1n) is 6.53. The van der Waals surface area contributed by atoms with Crippen molar-refractivity contribution in [2.75, 3.05) is 38.1 Å². The fraction of sp³-hybridized carbons (Fsp3) is 0.400. The Morgan fingerprint density at radius 1 is 1.11 bits per heavy atom. The normalized spacial score (nSPS) is 17.3. The molecule has 0 amide bonds. The quantitative estimate of drug-likeness (QED) is 0.763. The molecule has 0 atom stereocenters. The summed E-state index contributed by atoms with van der Waals surface area (Å²) in [6.45, 7) is 6.55. The Bertz CT molecular complexity index is 557. The topological polar surface area (TPSA) is 19.4 Å². The van der Waals surface area contributed by atoms with Crippen molar-refractivity contribution in [3.8, 4) is 0 Å². The lowest BCUT2D eigenvalue weighted by Crippen LogP contribution is -2.44. The number of likely N-dealkylation sites (N-methyl/N-ethyl adjacent to an activating group) is 1. The maximum Gasteiger partial charge on any atom is 0.0448 e. The first-order chi connectivity index (χ1) is 8.74. The van der Waals surface area contributed by atoms with Gasteiger partial charge in [0, 0.05) is 54.5 Å². The number of piperazine rings is 1. The number of rotatable bonds is 1. The maximum absolute atomic E-state index is 4.38. The van der Waals surface area contributed by atoms with Crippen molar-refractivity contribution in [2.24, 2.45) is 0 Å². The molecule has 94 valence electrons. The van der Waals surface area contributed by atoms with Crippen LogP contribution in [0, 0.1) is 6.92 Å². The summed E-state index contributed by atoms with van der Waals surface area (Å²) in [6, 6.07) is 8.70. The van der Waals surface area contributed by atoms with Crippen LogP contribution >= 0.6 is 0 Å². The minimum absolute atomic E-state index is 1.09. The number of hydrogen-bond acceptors (Lipinski definition) is 3. The lowest BCUT2D eigenvalue weighted by Gasteiger charge is -2.34. The summed E-state index contributed by atoms with van der Waals surface area (Å²) in [7, 11) is 2.19. The van der Waals surface area contributed by atoms with E-state index in [1.807, 2.05) is 6.20 Å². The van der Waals surface area contributed by atoms with Crippen LogP contribution < -0.4 is 4.90 Å². The smallest absolute Gasteiger partial charge is 0.0448 e. The van der Waals surface area contributed by atoms with Crippen LogP contribution in [0.25, 0.3) is 10.8 Å². The summed E-state index contributed by atoms with van der Waals surface area (Å²) < 4.78 is 0. The van der Waals surface area contributed by atoms with Crippen molar-refractivity contribution in [1.29, 1.82) is 0 Å². The average Bonchev–Trinajstić information content (AvgIpc) is 2.39. The molecule has 0 saturated carbocycles. The van der Waals surface area contributed by atoms with Crippen molar-refractivity contribution in [3.63, 3.8) is 0 Å². The molecule has 1 fully saturated rings. The van der Waals surface area contributed by atoms with Crippen LogP contribution in [0.3, 0.4) is 0 Å². The Labute approximate surface area is 108 Å². The van der Waals surface area contributed by atoms with E-state index in [4.69, 9.17) is 0 Å². The molecule has 3 heteroatoms. The van der Waals surface area contributed by atoms with Gasteiger partial charge in [-0.3, -0.25) is 4.98 Å². The van der Waals surface area contributed by atoms with Gasteiger partial charge in [0.05, 0.1) is 0 Å². The second-order valence-corrected chi connectivity index (χ2v) is 5.11. The van der Waals surface area contributed by atoms with E-state index in [1.165, 1.54) is 16.5 Å². The van der Waals surface area contributed by atoms with E-state index < -0.39 is 0 Å². The van der Waals surface area contributed by atoms with Crippen LogP contribution in [-0.4, -0.2) is 43.1 Å². The van der Waals surface area contributed by atoms with Crippen molar-refractivity contribution < 1.29 is 0 Å². The summed E-state index contributed by atoms with van der Waals surface area (Å²) in [5, 5.41) is 2.56. The highest BCUT2D eigenvalue weighted by Crippen LogP contribution is 2.27. The molecular weight excluding hydrogens is 222 g/mol. The van der Waals surface area contributed by atoms with Gasteiger partial charge in [-0.05, 0) is 26.1 Å². The molecule has 0 radical (unpaired) electrons. The molecule has 0 bridgehead atoms. The average molecular weight is 241 g/mol. The first kappa shape index (κ1) is 11.5. The zero-order chi connectivity index (χ0) is 12.5. The Balaban J connectivity index is 2.03. The van der Waals surface area contributed by atoms with E-state index in [0.717, 1.165) is 31.9 Å². The van der Waals surface area contributed by atoms with Gasteiger partial charge in [0.1, 0.15) is 0 Å². The van der Waals surface area contributed by atoms with Crippen LogP contribution in [0.15, 0.2) is 30.5 Å². The van der Waals surface area contributed by atoms with Crippen molar-refractivity contribution >= 4 is 16.5 Å². The Morgan fingerprint density at radius 2 is 1.89 bits per heavy atom. The van der Waals surface area contributed by atoms with Crippen LogP contribution in [0.5, 0.6) is 0 Å².